The van der Waals surface area contributed by atoms with Crippen LogP contribution in [0.1, 0.15) is 36.7 Å². The Bertz CT molecular complexity index is 572. The topological polar surface area (TPSA) is 64.9 Å². The number of hydrogen-bond acceptors (Lipinski definition) is 5. The third-order valence-corrected chi connectivity index (χ3v) is 3.86. The molecule has 0 aliphatic carbocycles. The van der Waals surface area contributed by atoms with Crippen LogP contribution in [-0.4, -0.2) is 10.1 Å². The van der Waals surface area contributed by atoms with Crippen LogP contribution < -0.4 is 5.73 Å². The first-order chi connectivity index (χ1) is 8.86. The van der Waals surface area contributed by atoms with Gasteiger partial charge in [-0.1, -0.05) is 11.2 Å². The zero-order chi connectivity index (χ0) is 14.0. The van der Waals surface area contributed by atoms with E-state index in [1.165, 1.54) is 16.0 Å². The van der Waals surface area contributed by atoms with Crippen LogP contribution in [0.4, 0.5) is 0 Å². The smallest absolute Gasteiger partial charge is 0.237 e. The molecule has 19 heavy (non-hydrogen) atoms. The fraction of sp³-hybridized carbons (Fsp3) is 0.429. The molecule has 0 unspecified atom stereocenters. The molecular formula is C14H19N3OS. The van der Waals surface area contributed by atoms with E-state index in [1.54, 1.807) is 11.8 Å². The summed E-state index contributed by atoms with van der Waals surface area (Å²) in [6.45, 7) is 7.94. The molecule has 0 fully saturated rings. The molecule has 0 aliphatic heterocycles. The lowest BCUT2D eigenvalue weighted by Crippen LogP contribution is -2.30. The fourth-order valence-electron chi connectivity index (χ4n) is 1.52. The summed E-state index contributed by atoms with van der Waals surface area (Å²) in [5.41, 5.74) is 7.95. The molecule has 4 nitrogen and oxygen atoms in total. The predicted molar refractivity (Wildman–Crippen MR) is 77.0 cm³/mol. The first kappa shape index (κ1) is 14.1. The summed E-state index contributed by atoms with van der Waals surface area (Å²) in [5, 5.41) is 3.91. The van der Waals surface area contributed by atoms with E-state index in [4.69, 9.17) is 10.3 Å². The van der Waals surface area contributed by atoms with Gasteiger partial charge >= 0.3 is 0 Å². The Balaban J connectivity index is 2.02. The standard InChI is InChI=1S/C14H19N3OS/c1-9-5-6-11(7-10(9)2)19-8-12-16-13(17-18-12)14(3,4)15/h5-7H,8,15H2,1-4H3. The summed E-state index contributed by atoms with van der Waals surface area (Å²) in [6, 6.07) is 6.40. The molecule has 0 bridgehead atoms. The van der Waals surface area contributed by atoms with E-state index in [1.807, 2.05) is 13.8 Å². The van der Waals surface area contributed by atoms with Gasteiger partial charge in [0.2, 0.25) is 5.89 Å². The van der Waals surface area contributed by atoms with Crippen molar-refractivity contribution in [2.24, 2.45) is 5.73 Å². The summed E-state index contributed by atoms with van der Waals surface area (Å²) in [5.74, 6) is 1.81. The van der Waals surface area contributed by atoms with Gasteiger partial charge in [0.15, 0.2) is 5.82 Å². The lowest BCUT2D eigenvalue weighted by atomic mass is 10.1. The van der Waals surface area contributed by atoms with Crippen molar-refractivity contribution in [3.63, 3.8) is 0 Å². The monoisotopic (exact) mass is 277 g/mol. The fourth-order valence-corrected chi connectivity index (χ4v) is 2.36. The normalized spacial score (nSPS) is 11.8. The van der Waals surface area contributed by atoms with Crippen LogP contribution in [0.25, 0.3) is 0 Å². The summed E-state index contributed by atoms with van der Waals surface area (Å²) in [6.07, 6.45) is 0. The maximum absolute atomic E-state index is 5.92. The van der Waals surface area contributed by atoms with Crippen LogP contribution in [0.5, 0.6) is 0 Å². The molecule has 0 radical (unpaired) electrons. The highest BCUT2D eigenvalue weighted by Gasteiger charge is 2.21. The van der Waals surface area contributed by atoms with Gasteiger partial charge in [-0.25, -0.2) is 0 Å². The number of nitrogens with zero attached hydrogens (tertiary/aromatic N) is 2. The van der Waals surface area contributed by atoms with Gasteiger partial charge in [-0.15, -0.1) is 11.8 Å². The van der Waals surface area contributed by atoms with Crippen molar-refractivity contribution in [2.45, 2.75) is 43.9 Å². The van der Waals surface area contributed by atoms with Gasteiger partial charge in [0.25, 0.3) is 0 Å². The molecular weight excluding hydrogens is 258 g/mol. The first-order valence-electron chi connectivity index (χ1n) is 6.18. The van der Waals surface area contributed by atoms with E-state index < -0.39 is 5.54 Å². The third kappa shape index (κ3) is 3.58. The number of aromatic nitrogens is 2. The van der Waals surface area contributed by atoms with Crippen molar-refractivity contribution in [1.82, 2.24) is 10.1 Å². The van der Waals surface area contributed by atoms with Crippen molar-refractivity contribution >= 4 is 11.8 Å². The van der Waals surface area contributed by atoms with Gasteiger partial charge in [0, 0.05) is 4.90 Å². The number of thioether (sulfide) groups is 1. The van der Waals surface area contributed by atoms with Gasteiger partial charge in [0.05, 0.1) is 11.3 Å². The molecule has 0 atom stereocenters. The average molecular weight is 277 g/mol. The Morgan fingerprint density at radius 1 is 1.26 bits per heavy atom. The lowest BCUT2D eigenvalue weighted by Gasteiger charge is -2.11. The number of rotatable bonds is 4. The van der Waals surface area contributed by atoms with Gasteiger partial charge < -0.3 is 10.3 Å². The molecule has 1 aromatic carbocycles. The minimum Gasteiger partial charge on any atom is -0.338 e. The van der Waals surface area contributed by atoms with E-state index in [9.17, 15) is 0 Å². The Hall–Kier alpha value is -1.33. The Labute approximate surface area is 117 Å². The summed E-state index contributed by atoms with van der Waals surface area (Å²) < 4.78 is 5.20. The molecule has 5 heteroatoms. The van der Waals surface area contributed by atoms with Crippen LogP contribution in [0.15, 0.2) is 27.6 Å². The molecule has 1 heterocycles. The largest absolute Gasteiger partial charge is 0.338 e. The summed E-state index contributed by atoms with van der Waals surface area (Å²) in [4.78, 5) is 5.52. The predicted octanol–water partition coefficient (Wildman–Crippen LogP) is 3.17. The zero-order valence-electron chi connectivity index (χ0n) is 11.7. The molecule has 0 saturated heterocycles. The first-order valence-corrected chi connectivity index (χ1v) is 7.17. The molecule has 2 rings (SSSR count). The Morgan fingerprint density at radius 2 is 2.00 bits per heavy atom. The van der Waals surface area contributed by atoms with Crippen molar-refractivity contribution in [3.05, 3.63) is 41.0 Å². The maximum atomic E-state index is 5.92. The SMILES string of the molecule is Cc1ccc(SCc2nc(C(C)(C)N)no2)cc1C. The number of aryl methyl sites for hydroxylation is 2. The zero-order valence-corrected chi connectivity index (χ0v) is 12.5. The molecule has 102 valence electrons. The van der Waals surface area contributed by atoms with Gasteiger partial charge in [-0.2, -0.15) is 4.98 Å². The van der Waals surface area contributed by atoms with Crippen LogP contribution in [-0.2, 0) is 11.3 Å². The van der Waals surface area contributed by atoms with Crippen molar-refractivity contribution in [3.8, 4) is 0 Å². The van der Waals surface area contributed by atoms with Crippen LogP contribution >= 0.6 is 11.8 Å². The second-order valence-corrected chi connectivity index (χ2v) is 6.32. The molecule has 1 aromatic heterocycles. The molecule has 0 saturated carbocycles. The molecule has 0 spiro atoms. The molecule has 0 aliphatic rings. The van der Waals surface area contributed by atoms with Crippen LogP contribution in [0.3, 0.4) is 0 Å². The number of benzene rings is 1. The Morgan fingerprint density at radius 3 is 2.58 bits per heavy atom. The highest BCUT2D eigenvalue weighted by molar-refractivity contribution is 7.98. The average Bonchev–Trinajstić information content (AvgIpc) is 2.79. The van der Waals surface area contributed by atoms with Gasteiger partial charge in [0.1, 0.15) is 0 Å². The van der Waals surface area contributed by atoms with E-state index in [2.05, 4.69) is 42.2 Å². The van der Waals surface area contributed by atoms with Gasteiger partial charge in [-0.05, 0) is 51.0 Å². The quantitative estimate of drug-likeness (QED) is 0.870. The Kier molecular flexibility index (Phi) is 3.96. The molecule has 0 amide bonds. The van der Waals surface area contributed by atoms with E-state index in [0.717, 1.165) is 0 Å². The number of hydrogen-bond donors (Lipinski definition) is 1. The van der Waals surface area contributed by atoms with E-state index in [0.29, 0.717) is 17.5 Å². The van der Waals surface area contributed by atoms with Crippen molar-refractivity contribution in [2.75, 3.05) is 0 Å². The lowest BCUT2D eigenvalue weighted by molar-refractivity contribution is 0.370. The van der Waals surface area contributed by atoms with Crippen molar-refractivity contribution < 1.29 is 4.52 Å². The second kappa shape index (κ2) is 5.35. The minimum atomic E-state index is -0.563. The van der Waals surface area contributed by atoms with Crippen molar-refractivity contribution in [1.29, 1.82) is 0 Å². The number of nitrogens with two attached hydrogens (primary N) is 1. The highest BCUT2D eigenvalue weighted by Crippen LogP contribution is 2.25. The molecule has 2 aromatic rings. The van der Waals surface area contributed by atoms with E-state index >= 15 is 0 Å². The maximum Gasteiger partial charge on any atom is 0.237 e. The van der Waals surface area contributed by atoms with Crippen LogP contribution in [0, 0.1) is 13.8 Å². The highest BCUT2D eigenvalue weighted by atomic mass is 32.2. The summed E-state index contributed by atoms with van der Waals surface area (Å²) >= 11 is 1.68. The van der Waals surface area contributed by atoms with E-state index in [-0.39, 0.29) is 0 Å². The second-order valence-electron chi connectivity index (χ2n) is 5.27. The minimum absolute atomic E-state index is 0.545. The third-order valence-electron chi connectivity index (χ3n) is 2.89. The van der Waals surface area contributed by atoms with Crippen LogP contribution in [0.2, 0.25) is 0 Å². The molecule has 2 N–H and O–H groups in total. The van der Waals surface area contributed by atoms with Gasteiger partial charge in [-0.3, -0.25) is 0 Å². The summed E-state index contributed by atoms with van der Waals surface area (Å²) in [7, 11) is 0.